The molecule has 1 N–H and O–H groups in total. The van der Waals surface area contributed by atoms with Gasteiger partial charge < -0.3 is 5.11 Å². The number of rotatable bonds is 2. The summed E-state index contributed by atoms with van der Waals surface area (Å²) in [4.78, 5) is 0.152. The second-order valence-corrected chi connectivity index (χ2v) is 5.10. The molecule has 1 saturated carbocycles. The fraction of sp³-hybridized carbons (Fsp3) is 0.455. The minimum absolute atomic E-state index is 0.136. The lowest BCUT2D eigenvalue weighted by molar-refractivity contribution is -0.0388. The van der Waals surface area contributed by atoms with Gasteiger partial charge in [-0.2, -0.15) is 13.2 Å². The summed E-state index contributed by atoms with van der Waals surface area (Å²) in [5.74, 6) is 0. The molecular weight excluding hydrogens is 237 g/mol. The molecule has 0 unspecified atom stereocenters. The molecule has 2 rings (SSSR count). The Balaban J connectivity index is 2.10. The lowest BCUT2D eigenvalue weighted by Gasteiger charge is -2.37. The van der Waals surface area contributed by atoms with Crippen molar-refractivity contribution < 1.29 is 18.3 Å². The van der Waals surface area contributed by atoms with Crippen molar-refractivity contribution in [2.45, 2.75) is 35.3 Å². The van der Waals surface area contributed by atoms with Crippen LogP contribution in [0.1, 0.15) is 24.8 Å². The van der Waals surface area contributed by atoms with Crippen LogP contribution in [0.3, 0.4) is 0 Å². The smallest absolute Gasteiger partial charge is 0.385 e. The van der Waals surface area contributed by atoms with Crippen LogP contribution in [0.5, 0.6) is 0 Å². The van der Waals surface area contributed by atoms with E-state index >= 15 is 0 Å². The lowest BCUT2D eigenvalue weighted by atomic mass is 9.75. The molecule has 0 spiro atoms. The van der Waals surface area contributed by atoms with Crippen LogP contribution in [0.25, 0.3) is 0 Å². The first-order valence-corrected chi connectivity index (χ1v) is 5.79. The normalized spacial score (nSPS) is 19.2. The molecule has 0 atom stereocenters. The highest BCUT2D eigenvalue weighted by Gasteiger charge is 2.36. The van der Waals surface area contributed by atoms with Gasteiger partial charge in [-0.3, -0.25) is 0 Å². The molecule has 1 nitrogen and oxygen atoms in total. The van der Waals surface area contributed by atoms with Gasteiger partial charge in [-0.05, 0) is 48.7 Å². The van der Waals surface area contributed by atoms with Crippen molar-refractivity contribution in [1.29, 1.82) is 0 Å². The van der Waals surface area contributed by atoms with E-state index in [0.717, 1.165) is 6.42 Å². The second kappa shape index (κ2) is 3.96. The van der Waals surface area contributed by atoms with Crippen molar-refractivity contribution in [3.63, 3.8) is 0 Å². The highest BCUT2D eigenvalue weighted by Crippen LogP contribution is 2.42. The SMILES string of the molecule is OC1(c2ccc(SC(F)(F)F)cc2)CCC1. The van der Waals surface area contributed by atoms with E-state index in [1.54, 1.807) is 12.1 Å². The average Bonchev–Trinajstić information content (AvgIpc) is 2.13. The molecule has 5 heteroatoms. The lowest BCUT2D eigenvalue weighted by Crippen LogP contribution is -2.33. The van der Waals surface area contributed by atoms with Gasteiger partial charge in [-0.25, -0.2) is 0 Å². The van der Waals surface area contributed by atoms with Crippen LogP contribution in [-0.2, 0) is 5.60 Å². The van der Waals surface area contributed by atoms with Gasteiger partial charge in [-0.15, -0.1) is 0 Å². The topological polar surface area (TPSA) is 20.2 Å². The average molecular weight is 248 g/mol. The van der Waals surface area contributed by atoms with Crippen LogP contribution in [0.2, 0.25) is 0 Å². The summed E-state index contributed by atoms with van der Waals surface area (Å²) in [7, 11) is 0. The van der Waals surface area contributed by atoms with Gasteiger partial charge in [0.2, 0.25) is 0 Å². The van der Waals surface area contributed by atoms with Gasteiger partial charge in [0.15, 0.2) is 0 Å². The third kappa shape index (κ3) is 2.52. The Morgan fingerprint density at radius 3 is 2.06 bits per heavy atom. The molecule has 1 aliphatic carbocycles. The van der Waals surface area contributed by atoms with Crippen LogP contribution < -0.4 is 0 Å². The minimum atomic E-state index is -4.26. The zero-order valence-corrected chi connectivity index (χ0v) is 9.24. The molecule has 88 valence electrons. The van der Waals surface area contributed by atoms with Crippen LogP contribution >= 0.6 is 11.8 Å². The summed E-state index contributed by atoms with van der Waals surface area (Å²) in [5.41, 5.74) is -4.35. The molecule has 1 fully saturated rings. The maximum atomic E-state index is 12.1. The number of halogens is 3. The van der Waals surface area contributed by atoms with Crippen LogP contribution in [-0.4, -0.2) is 10.6 Å². The molecule has 0 aromatic heterocycles. The molecule has 1 aromatic rings. The number of benzene rings is 1. The predicted octanol–water partition coefficient (Wildman–Crippen LogP) is 3.67. The fourth-order valence-corrected chi connectivity index (χ4v) is 2.31. The molecule has 1 aromatic carbocycles. The van der Waals surface area contributed by atoms with E-state index in [2.05, 4.69) is 0 Å². The Bertz CT molecular complexity index is 368. The van der Waals surface area contributed by atoms with Crippen molar-refractivity contribution in [1.82, 2.24) is 0 Å². The molecule has 0 heterocycles. The predicted molar refractivity (Wildman–Crippen MR) is 56.1 cm³/mol. The van der Waals surface area contributed by atoms with Gasteiger partial charge in [0.25, 0.3) is 0 Å². The summed E-state index contributed by atoms with van der Waals surface area (Å²) < 4.78 is 36.2. The van der Waals surface area contributed by atoms with E-state index in [1.165, 1.54) is 12.1 Å². The monoisotopic (exact) mass is 248 g/mol. The van der Waals surface area contributed by atoms with Crippen LogP contribution in [0.15, 0.2) is 29.2 Å². The molecule has 0 bridgehead atoms. The van der Waals surface area contributed by atoms with Gasteiger partial charge in [-0.1, -0.05) is 12.1 Å². The third-order valence-corrected chi connectivity index (χ3v) is 3.55. The minimum Gasteiger partial charge on any atom is -0.385 e. The maximum Gasteiger partial charge on any atom is 0.446 e. The molecule has 0 aliphatic heterocycles. The molecular formula is C11H11F3OS. The summed E-state index contributed by atoms with van der Waals surface area (Å²) >= 11 is -0.136. The highest BCUT2D eigenvalue weighted by molar-refractivity contribution is 8.00. The van der Waals surface area contributed by atoms with Crippen molar-refractivity contribution in [3.8, 4) is 0 Å². The number of hydrogen-bond acceptors (Lipinski definition) is 2. The van der Waals surface area contributed by atoms with E-state index in [-0.39, 0.29) is 16.7 Å². The Morgan fingerprint density at radius 2 is 1.69 bits per heavy atom. The first-order chi connectivity index (χ1) is 7.39. The molecule has 0 amide bonds. The molecule has 0 radical (unpaired) electrons. The Labute approximate surface area is 95.7 Å². The Morgan fingerprint density at radius 1 is 1.12 bits per heavy atom. The number of aliphatic hydroxyl groups is 1. The molecule has 1 aliphatic rings. The van der Waals surface area contributed by atoms with Crippen LogP contribution in [0.4, 0.5) is 13.2 Å². The van der Waals surface area contributed by atoms with E-state index < -0.39 is 11.1 Å². The summed E-state index contributed by atoms with van der Waals surface area (Å²) in [6, 6.07) is 5.97. The Hall–Kier alpha value is -0.680. The van der Waals surface area contributed by atoms with Crippen molar-refractivity contribution in [2.75, 3.05) is 0 Å². The Kier molecular flexibility index (Phi) is 2.92. The summed E-state index contributed by atoms with van der Waals surface area (Å²) in [6.07, 6.45) is 2.35. The molecule has 16 heavy (non-hydrogen) atoms. The number of alkyl halides is 3. The van der Waals surface area contributed by atoms with Crippen molar-refractivity contribution in [2.24, 2.45) is 0 Å². The van der Waals surface area contributed by atoms with E-state index in [4.69, 9.17) is 0 Å². The van der Waals surface area contributed by atoms with E-state index in [0.29, 0.717) is 18.4 Å². The number of hydrogen-bond donors (Lipinski definition) is 1. The molecule has 0 saturated heterocycles. The summed E-state index contributed by atoms with van der Waals surface area (Å²) in [6.45, 7) is 0. The first kappa shape index (κ1) is 11.8. The second-order valence-electron chi connectivity index (χ2n) is 3.96. The number of thioether (sulfide) groups is 1. The van der Waals surface area contributed by atoms with E-state index in [1.807, 2.05) is 0 Å². The third-order valence-electron chi connectivity index (χ3n) is 2.81. The maximum absolute atomic E-state index is 12.1. The zero-order chi connectivity index (χ0) is 11.8. The van der Waals surface area contributed by atoms with E-state index in [9.17, 15) is 18.3 Å². The van der Waals surface area contributed by atoms with Gasteiger partial charge in [0, 0.05) is 4.90 Å². The quantitative estimate of drug-likeness (QED) is 0.806. The van der Waals surface area contributed by atoms with Gasteiger partial charge in [0.1, 0.15) is 0 Å². The van der Waals surface area contributed by atoms with Gasteiger partial charge >= 0.3 is 5.51 Å². The zero-order valence-electron chi connectivity index (χ0n) is 8.42. The first-order valence-electron chi connectivity index (χ1n) is 4.98. The summed E-state index contributed by atoms with van der Waals surface area (Å²) in [5, 5.41) is 9.98. The van der Waals surface area contributed by atoms with Crippen molar-refractivity contribution >= 4 is 11.8 Å². The van der Waals surface area contributed by atoms with Gasteiger partial charge in [0.05, 0.1) is 5.60 Å². The van der Waals surface area contributed by atoms with Crippen LogP contribution in [0, 0.1) is 0 Å². The van der Waals surface area contributed by atoms with Crippen molar-refractivity contribution in [3.05, 3.63) is 29.8 Å². The highest BCUT2D eigenvalue weighted by atomic mass is 32.2. The standard InChI is InChI=1S/C11H11F3OS/c12-11(13,14)16-9-4-2-8(3-5-9)10(15)6-1-7-10/h2-5,15H,1,6-7H2. The largest absolute Gasteiger partial charge is 0.446 e. The fourth-order valence-electron chi connectivity index (χ4n) is 1.77.